The van der Waals surface area contributed by atoms with Gasteiger partial charge in [-0.25, -0.2) is 0 Å². The molecule has 1 amide bonds. The van der Waals surface area contributed by atoms with Crippen molar-refractivity contribution in [3.8, 4) is 0 Å². The highest BCUT2D eigenvalue weighted by molar-refractivity contribution is 5.85. The van der Waals surface area contributed by atoms with Gasteiger partial charge in [-0.05, 0) is 43.6 Å². The summed E-state index contributed by atoms with van der Waals surface area (Å²) < 4.78 is 0. The molecule has 0 aromatic heterocycles. The van der Waals surface area contributed by atoms with Crippen molar-refractivity contribution in [2.24, 2.45) is 11.8 Å². The fourth-order valence-electron chi connectivity index (χ4n) is 3.46. The first kappa shape index (κ1) is 17.3. The Morgan fingerprint density at radius 1 is 1.23 bits per heavy atom. The predicted octanol–water partition coefficient (Wildman–Crippen LogP) is 2.89. The molecular weight excluding hydrogens is 296 g/mol. The van der Waals surface area contributed by atoms with Crippen LogP contribution in [0.2, 0.25) is 0 Å². The number of rotatable bonds is 5. The van der Waals surface area contributed by atoms with Gasteiger partial charge in [0, 0.05) is 26.2 Å². The minimum Gasteiger partial charge on any atom is -0.342 e. The van der Waals surface area contributed by atoms with E-state index in [1.54, 1.807) is 0 Å². The van der Waals surface area contributed by atoms with E-state index in [1.165, 1.54) is 31.2 Å². The molecule has 1 unspecified atom stereocenters. The maximum Gasteiger partial charge on any atom is 0.228 e. The highest BCUT2D eigenvalue weighted by atomic mass is 35.5. The van der Waals surface area contributed by atoms with Crippen molar-refractivity contribution in [1.29, 1.82) is 0 Å². The third-order valence-electron chi connectivity index (χ3n) is 4.88. The number of carbonyl (C=O) groups excluding carboxylic acids is 1. The first-order chi connectivity index (χ1) is 10.3. The summed E-state index contributed by atoms with van der Waals surface area (Å²) in [7, 11) is 0. The lowest BCUT2D eigenvalue weighted by Gasteiger charge is -2.37. The summed E-state index contributed by atoms with van der Waals surface area (Å²) in [5, 5.41) is 3.20. The topological polar surface area (TPSA) is 32.3 Å². The Balaban J connectivity index is 0.00000176. The van der Waals surface area contributed by atoms with Crippen LogP contribution in [-0.4, -0.2) is 37.0 Å². The fraction of sp³-hybridized carbons (Fsp3) is 0.611. The molecule has 2 aliphatic heterocycles. The molecule has 0 aliphatic carbocycles. The lowest BCUT2D eigenvalue weighted by atomic mass is 9.90. The minimum atomic E-state index is 0. The molecule has 22 heavy (non-hydrogen) atoms. The Labute approximate surface area is 139 Å². The second-order valence-corrected chi connectivity index (χ2v) is 6.53. The molecule has 122 valence electrons. The minimum absolute atomic E-state index is 0. The number of likely N-dealkylation sites (tertiary alicyclic amines) is 1. The number of hydrogen-bond donors (Lipinski definition) is 1. The van der Waals surface area contributed by atoms with Crippen molar-refractivity contribution >= 4 is 18.3 Å². The number of nitrogens with zero attached hydrogens (tertiary/aromatic N) is 1. The highest BCUT2D eigenvalue weighted by Gasteiger charge is 2.31. The molecule has 0 radical (unpaired) electrons. The van der Waals surface area contributed by atoms with Gasteiger partial charge in [-0.3, -0.25) is 4.79 Å². The van der Waals surface area contributed by atoms with E-state index < -0.39 is 0 Å². The monoisotopic (exact) mass is 322 g/mol. The number of carbonyl (C=O) groups is 1. The molecule has 1 atom stereocenters. The molecule has 1 N–H and O–H groups in total. The van der Waals surface area contributed by atoms with Crippen molar-refractivity contribution in [2.45, 2.75) is 32.1 Å². The summed E-state index contributed by atoms with van der Waals surface area (Å²) in [6.07, 6.45) is 6.13. The van der Waals surface area contributed by atoms with E-state index in [0.717, 1.165) is 32.6 Å². The number of benzene rings is 1. The molecule has 1 aromatic rings. The average molecular weight is 323 g/mol. The number of halogens is 1. The van der Waals surface area contributed by atoms with Gasteiger partial charge in [0.05, 0.1) is 5.92 Å². The van der Waals surface area contributed by atoms with E-state index in [-0.39, 0.29) is 18.3 Å². The van der Waals surface area contributed by atoms with E-state index in [9.17, 15) is 4.79 Å². The van der Waals surface area contributed by atoms with E-state index in [1.807, 2.05) is 0 Å². The summed E-state index contributed by atoms with van der Waals surface area (Å²) in [6, 6.07) is 10.7. The molecule has 3 rings (SSSR count). The molecule has 2 saturated heterocycles. The summed E-state index contributed by atoms with van der Waals surface area (Å²) in [5.41, 5.74) is 1.43. The van der Waals surface area contributed by atoms with Crippen molar-refractivity contribution in [2.75, 3.05) is 26.2 Å². The standard InChI is InChI=1S/C18H26N2O.ClH/c21-18(17-12-19-13-17)20-11-5-10-16(14-20)9-4-8-15-6-2-1-3-7-15;/h1-3,6-7,16-17,19H,4-5,8-14H2;1H. The Bertz CT molecular complexity index is 461. The molecule has 1 aromatic carbocycles. The summed E-state index contributed by atoms with van der Waals surface area (Å²) in [5.74, 6) is 1.36. The SMILES string of the molecule is Cl.O=C(C1CNC1)N1CCCC(CCCc2ccccc2)C1. The van der Waals surface area contributed by atoms with Crippen molar-refractivity contribution in [1.82, 2.24) is 10.2 Å². The van der Waals surface area contributed by atoms with Crippen LogP contribution in [0.3, 0.4) is 0 Å². The summed E-state index contributed by atoms with van der Waals surface area (Å²) >= 11 is 0. The first-order valence-corrected chi connectivity index (χ1v) is 8.36. The van der Waals surface area contributed by atoms with Gasteiger partial charge < -0.3 is 10.2 Å². The average Bonchev–Trinajstić information content (AvgIpc) is 2.47. The van der Waals surface area contributed by atoms with Gasteiger partial charge in [-0.15, -0.1) is 12.4 Å². The van der Waals surface area contributed by atoms with Crippen LogP contribution in [0.1, 0.15) is 31.2 Å². The molecule has 3 nitrogen and oxygen atoms in total. The van der Waals surface area contributed by atoms with Gasteiger partial charge in [0.1, 0.15) is 0 Å². The third kappa shape index (κ3) is 4.47. The number of aryl methyl sites for hydroxylation is 1. The number of piperidine rings is 1. The maximum atomic E-state index is 12.3. The van der Waals surface area contributed by atoms with Crippen molar-refractivity contribution in [3.63, 3.8) is 0 Å². The van der Waals surface area contributed by atoms with E-state index in [2.05, 4.69) is 40.5 Å². The number of hydrogen-bond acceptors (Lipinski definition) is 2. The molecule has 2 aliphatic rings. The Morgan fingerprint density at radius 3 is 2.68 bits per heavy atom. The van der Waals surface area contributed by atoms with Crippen LogP contribution in [0.15, 0.2) is 30.3 Å². The van der Waals surface area contributed by atoms with Crippen molar-refractivity contribution in [3.05, 3.63) is 35.9 Å². The molecule has 2 heterocycles. The zero-order valence-electron chi connectivity index (χ0n) is 13.2. The normalized spacial score (nSPS) is 21.8. The highest BCUT2D eigenvalue weighted by Crippen LogP contribution is 2.23. The Morgan fingerprint density at radius 2 is 2.00 bits per heavy atom. The van der Waals surface area contributed by atoms with Gasteiger partial charge in [0.25, 0.3) is 0 Å². The second-order valence-electron chi connectivity index (χ2n) is 6.53. The second kappa shape index (κ2) is 8.54. The smallest absolute Gasteiger partial charge is 0.228 e. The predicted molar refractivity (Wildman–Crippen MR) is 92.3 cm³/mol. The zero-order valence-corrected chi connectivity index (χ0v) is 14.0. The molecule has 0 saturated carbocycles. The van der Waals surface area contributed by atoms with E-state index >= 15 is 0 Å². The fourth-order valence-corrected chi connectivity index (χ4v) is 3.46. The molecule has 0 spiro atoms. The number of amides is 1. The number of nitrogens with one attached hydrogen (secondary N) is 1. The van der Waals surface area contributed by atoms with Crippen LogP contribution in [0.5, 0.6) is 0 Å². The van der Waals surface area contributed by atoms with Crippen LogP contribution in [0.25, 0.3) is 0 Å². The van der Waals surface area contributed by atoms with Gasteiger partial charge in [0.15, 0.2) is 0 Å². The van der Waals surface area contributed by atoms with Gasteiger partial charge in [-0.1, -0.05) is 30.3 Å². The maximum absolute atomic E-state index is 12.3. The first-order valence-electron chi connectivity index (χ1n) is 8.36. The van der Waals surface area contributed by atoms with Crippen LogP contribution >= 0.6 is 12.4 Å². The summed E-state index contributed by atoms with van der Waals surface area (Å²) in [4.78, 5) is 14.4. The Kier molecular flexibility index (Phi) is 6.71. The van der Waals surface area contributed by atoms with Crippen LogP contribution in [0.4, 0.5) is 0 Å². The Hall–Kier alpha value is -1.06. The lowest BCUT2D eigenvalue weighted by Crippen LogP contribution is -2.53. The van der Waals surface area contributed by atoms with Gasteiger partial charge in [-0.2, -0.15) is 0 Å². The zero-order chi connectivity index (χ0) is 14.5. The van der Waals surface area contributed by atoms with Gasteiger partial charge >= 0.3 is 0 Å². The quantitative estimate of drug-likeness (QED) is 0.904. The van der Waals surface area contributed by atoms with Crippen molar-refractivity contribution < 1.29 is 4.79 Å². The van der Waals surface area contributed by atoms with Gasteiger partial charge in [0.2, 0.25) is 5.91 Å². The van der Waals surface area contributed by atoms with E-state index in [4.69, 9.17) is 0 Å². The van der Waals surface area contributed by atoms with Crippen LogP contribution < -0.4 is 5.32 Å². The largest absolute Gasteiger partial charge is 0.342 e. The lowest BCUT2D eigenvalue weighted by molar-refractivity contribution is -0.139. The third-order valence-corrected chi connectivity index (χ3v) is 4.88. The van der Waals surface area contributed by atoms with Crippen LogP contribution in [0, 0.1) is 11.8 Å². The molecule has 0 bridgehead atoms. The van der Waals surface area contributed by atoms with Crippen LogP contribution in [-0.2, 0) is 11.2 Å². The summed E-state index contributed by atoms with van der Waals surface area (Å²) in [6.45, 7) is 3.73. The van der Waals surface area contributed by atoms with E-state index in [0.29, 0.717) is 11.8 Å². The molecular formula is C18H27ClN2O. The molecule has 4 heteroatoms. The molecule has 2 fully saturated rings.